The molecule has 2 N–H and O–H groups in total. The first-order valence-corrected chi connectivity index (χ1v) is 8.00. The number of amides is 1. The van der Waals surface area contributed by atoms with Gasteiger partial charge in [-0.3, -0.25) is 9.89 Å². The van der Waals surface area contributed by atoms with Crippen molar-refractivity contribution in [3.8, 4) is 0 Å². The Morgan fingerprint density at radius 1 is 1.12 bits per heavy atom. The summed E-state index contributed by atoms with van der Waals surface area (Å²) in [6.45, 7) is 1.80. The van der Waals surface area contributed by atoms with E-state index in [1.165, 1.54) is 0 Å². The number of hydrogen-bond donors (Lipinski definition) is 2. The molecule has 0 saturated heterocycles. The van der Waals surface area contributed by atoms with E-state index in [-0.39, 0.29) is 10.9 Å². The van der Waals surface area contributed by atoms with Crippen molar-refractivity contribution in [1.82, 2.24) is 20.5 Å². The topological polar surface area (TPSA) is 70.7 Å². The highest BCUT2D eigenvalue weighted by atomic mass is 35.5. The monoisotopic (exact) mass is 360 g/mol. The molecule has 7 heteroatoms. The number of nitrogens with zero attached hydrogens (tertiary/aromatic N) is 2. The third-order valence-electron chi connectivity index (χ3n) is 3.48. The number of aromatic nitrogens is 3. The van der Waals surface area contributed by atoms with Crippen molar-refractivity contribution in [3.05, 3.63) is 81.4 Å². The molecule has 0 spiro atoms. The lowest BCUT2D eigenvalue weighted by atomic mass is 10.1. The minimum absolute atomic E-state index is 0.217. The van der Waals surface area contributed by atoms with Gasteiger partial charge in [-0.25, -0.2) is 4.98 Å². The predicted octanol–water partition coefficient (Wildman–Crippen LogP) is 3.94. The molecule has 0 aliphatic rings. The van der Waals surface area contributed by atoms with E-state index in [4.69, 9.17) is 23.2 Å². The van der Waals surface area contributed by atoms with Crippen LogP contribution in [0.25, 0.3) is 0 Å². The number of carbonyl (C=O) groups excluding carboxylic acids is 1. The molecular weight excluding hydrogens is 347 g/mol. The largest absolute Gasteiger partial charge is 0.338 e. The van der Waals surface area contributed by atoms with Crippen LogP contribution >= 0.6 is 23.2 Å². The molecule has 1 heterocycles. The fourth-order valence-corrected chi connectivity index (χ4v) is 2.71. The Balaban J connectivity index is 1.95. The number of H-pyrrole nitrogens is 1. The van der Waals surface area contributed by atoms with Crippen LogP contribution in [0.1, 0.15) is 33.6 Å². The lowest BCUT2D eigenvalue weighted by molar-refractivity contribution is 0.0941. The van der Waals surface area contributed by atoms with Gasteiger partial charge in [0.2, 0.25) is 0 Å². The van der Waals surface area contributed by atoms with Crippen molar-refractivity contribution in [2.45, 2.75) is 13.0 Å². The Morgan fingerprint density at radius 3 is 2.54 bits per heavy atom. The smallest absolute Gasteiger partial charge is 0.253 e. The zero-order chi connectivity index (χ0) is 17.1. The molecule has 3 aromatic rings. The number of aromatic amines is 1. The fraction of sp³-hybridized carbons (Fsp3) is 0.118. The summed E-state index contributed by atoms with van der Waals surface area (Å²) < 4.78 is 0. The molecule has 1 amide bonds. The molecule has 0 radical (unpaired) electrons. The summed E-state index contributed by atoms with van der Waals surface area (Å²) in [6.07, 6.45) is 0. The first kappa shape index (κ1) is 16.5. The Morgan fingerprint density at radius 2 is 1.88 bits per heavy atom. The molecule has 0 aliphatic carbocycles. The summed E-state index contributed by atoms with van der Waals surface area (Å²) in [6, 6.07) is 13.9. The molecule has 0 fully saturated rings. The molecule has 0 unspecified atom stereocenters. The Bertz CT molecular complexity index is 864. The number of hydrogen-bond acceptors (Lipinski definition) is 3. The highest BCUT2D eigenvalue weighted by Gasteiger charge is 2.23. The van der Waals surface area contributed by atoms with Crippen molar-refractivity contribution in [3.63, 3.8) is 0 Å². The van der Waals surface area contributed by atoms with Crippen LogP contribution in [0.2, 0.25) is 10.0 Å². The minimum Gasteiger partial charge on any atom is -0.338 e. The van der Waals surface area contributed by atoms with Gasteiger partial charge in [0.25, 0.3) is 5.91 Å². The molecule has 122 valence electrons. The Kier molecular flexibility index (Phi) is 4.83. The van der Waals surface area contributed by atoms with Gasteiger partial charge < -0.3 is 5.32 Å². The average molecular weight is 361 g/mol. The highest BCUT2D eigenvalue weighted by Crippen LogP contribution is 2.27. The molecule has 0 bridgehead atoms. The van der Waals surface area contributed by atoms with Crippen LogP contribution in [-0.2, 0) is 0 Å². The standard InChI is InChI=1S/C17H14Cl2N4O/c1-10-20-16(23-22-10)15(11-6-3-2-4-7-11)21-17(24)12-8-5-9-13(18)14(12)19/h2-9,15H,1H3,(H,21,24)(H,20,22,23)/t15-/m1/s1. The summed E-state index contributed by atoms with van der Waals surface area (Å²) in [5.41, 5.74) is 1.17. The van der Waals surface area contributed by atoms with Gasteiger partial charge in [-0.15, -0.1) is 0 Å². The SMILES string of the molecule is Cc1nc([C@H](NC(=O)c2cccc(Cl)c2Cl)c2ccccc2)n[nH]1. The molecule has 1 aromatic heterocycles. The normalized spacial score (nSPS) is 12.0. The van der Waals surface area contributed by atoms with E-state index >= 15 is 0 Å². The zero-order valence-corrected chi connectivity index (χ0v) is 14.3. The van der Waals surface area contributed by atoms with E-state index in [0.717, 1.165) is 5.56 Å². The first-order valence-electron chi connectivity index (χ1n) is 7.25. The van der Waals surface area contributed by atoms with Crippen molar-refractivity contribution >= 4 is 29.1 Å². The van der Waals surface area contributed by atoms with E-state index in [1.54, 1.807) is 25.1 Å². The van der Waals surface area contributed by atoms with Crippen LogP contribution in [0.4, 0.5) is 0 Å². The summed E-state index contributed by atoms with van der Waals surface area (Å²) in [5, 5.41) is 10.4. The maximum absolute atomic E-state index is 12.7. The fourth-order valence-electron chi connectivity index (χ4n) is 2.32. The summed E-state index contributed by atoms with van der Waals surface area (Å²) in [4.78, 5) is 17.0. The minimum atomic E-state index is -0.501. The second-order valence-corrected chi connectivity index (χ2v) is 5.98. The molecule has 5 nitrogen and oxygen atoms in total. The van der Waals surface area contributed by atoms with E-state index in [2.05, 4.69) is 20.5 Å². The van der Waals surface area contributed by atoms with Crippen LogP contribution in [0.5, 0.6) is 0 Å². The second-order valence-electron chi connectivity index (χ2n) is 5.20. The van der Waals surface area contributed by atoms with Gasteiger partial charge in [0.1, 0.15) is 11.9 Å². The lowest BCUT2D eigenvalue weighted by Crippen LogP contribution is -2.30. The summed E-state index contributed by atoms with van der Waals surface area (Å²) in [5.74, 6) is 0.796. The molecular formula is C17H14Cl2N4O. The highest BCUT2D eigenvalue weighted by molar-refractivity contribution is 6.43. The van der Waals surface area contributed by atoms with Gasteiger partial charge in [-0.1, -0.05) is 59.6 Å². The quantitative estimate of drug-likeness (QED) is 0.740. The van der Waals surface area contributed by atoms with Gasteiger partial charge in [-0.2, -0.15) is 5.10 Å². The van der Waals surface area contributed by atoms with Crippen LogP contribution in [0.3, 0.4) is 0 Å². The second kappa shape index (κ2) is 7.03. The summed E-state index contributed by atoms with van der Waals surface area (Å²) >= 11 is 12.1. The van der Waals surface area contributed by atoms with Crippen LogP contribution in [0.15, 0.2) is 48.5 Å². The third kappa shape index (κ3) is 3.42. The van der Waals surface area contributed by atoms with E-state index < -0.39 is 6.04 Å². The number of carbonyl (C=O) groups is 1. The number of nitrogens with one attached hydrogen (secondary N) is 2. The molecule has 2 aromatic carbocycles. The van der Waals surface area contributed by atoms with Crippen LogP contribution < -0.4 is 5.32 Å². The number of halogens is 2. The first-order chi connectivity index (χ1) is 11.6. The van der Waals surface area contributed by atoms with Crippen LogP contribution in [0, 0.1) is 6.92 Å². The zero-order valence-electron chi connectivity index (χ0n) is 12.8. The van der Waals surface area contributed by atoms with Gasteiger partial charge in [0.05, 0.1) is 15.6 Å². The number of rotatable bonds is 4. The average Bonchev–Trinajstić information content (AvgIpc) is 3.02. The number of aryl methyl sites for hydroxylation is 1. The van der Waals surface area contributed by atoms with E-state index in [0.29, 0.717) is 22.2 Å². The Labute approximate surface area is 149 Å². The van der Waals surface area contributed by atoms with E-state index in [1.807, 2.05) is 30.3 Å². The van der Waals surface area contributed by atoms with Gasteiger partial charge in [-0.05, 0) is 24.6 Å². The van der Waals surface area contributed by atoms with E-state index in [9.17, 15) is 4.79 Å². The van der Waals surface area contributed by atoms with Gasteiger partial charge >= 0.3 is 0 Å². The maximum Gasteiger partial charge on any atom is 0.253 e. The summed E-state index contributed by atoms with van der Waals surface area (Å²) in [7, 11) is 0. The van der Waals surface area contributed by atoms with Gasteiger partial charge in [0.15, 0.2) is 5.82 Å². The Hall–Kier alpha value is -2.37. The molecule has 0 aliphatic heterocycles. The van der Waals surface area contributed by atoms with Gasteiger partial charge in [0, 0.05) is 0 Å². The molecule has 3 rings (SSSR count). The van der Waals surface area contributed by atoms with Crippen molar-refractivity contribution < 1.29 is 4.79 Å². The van der Waals surface area contributed by atoms with Crippen molar-refractivity contribution in [1.29, 1.82) is 0 Å². The number of benzene rings is 2. The van der Waals surface area contributed by atoms with Crippen molar-refractivity contribution in [2.75, 3.05) is 0 Å². The predicted molar refractivity (Wildman–Crippen MR) is 93.3 cm³/mol. The molecule has 24 heavy (non-hydrogen) atoms. The van der Waals surface area contributed by atoms with Crippen LogP contribution in [-0.4, -0.2) is 21.1 Å². The third-order valence-corrected chi connectivity index (χ3v) is 4.30. The van der Waals surface area contributed by atoms with Crippen molar-refractivity contribution in [2.24, 2.45) is 0 Å². The molecule has 0 saturated carbocycles. The molecule has 1 atom stereocenters. The maximum atomic E-state index is 12.7. The lowest BCUT2D eigenvalue weighted by Gasteiger charge is -2.17.